The number of hydrogen-bond acceptors (Lipinski definition) is 4. The molecule has 0 fully saturated rings. The molecule has 1 amide bonds. The number of nitrogens with zero attached hydrogens (tertiary/aromatic N) is 1. The summed E-state index contributed by atoms with van der Waals surface area (Å²) in [6.07, 6.45) is -4.53. The van der Waals surface area contributed by atoms with Crippen molar-refractivity contribution in [3.8, 4) is 5.75 Å². The van der Waals surface area contributed by atoms with Gasteiger partial charge in [-0.2, -0.15) is 13.2 Å². The molecule has 0 spiro atoms. The normalized spacial score (nSPS) is 12.6. The third-order valence-electron chi connectivity index (χ3n) is 4.10. The largest absolute Gasteiger partial charge is 0.484 e. The first kappa shape index (κ1) is 23.4. The molecule has 0 saturated carbocycles. The predicted molar refractivity (Wildman–Crippen MR) is 106 cm³/mol. The number of alkyl halides is 3. The molecule has 0 aliphatic heterocycles. The van der Waals surface area contributed by atoms with Gasteiger partial charge in [-0.15, -0.1) is 0 Å². The van der Waals surface area contributed by atoms with Crippen LogP contribution in [0.4, 0.5) is 23.4 Å². The Labute approximate surface area is 172 Å². The highest BCUT2D eigenvalue weighted by Crippen LogP contribution is 2.22. The lowest BCUT2D eigenvalue weighted by atomic mass is 10.1. The molecule has 0 aliphatic carbocycles. The first-order chi connectivity index (χ1) is 13.9. The number of hydrogen-bond donors (Lipinski definition) is 2. The van der Waals surface area contributed by atoms with Crippen LogP contribution in [0, 0.1) is 18.7 Å². The molecule has 2 rings (SSSR count). The number of rotatable bonds is 8. The van der Waals surface area contributed by atoms with Crippen molar-refractivity contribution in [2.45, 2.75) is 39.9 Å². The Morgan fingerprint density at radius 3 is 2.47 bits per heavy atom. The summed E-state index contributed by atoms with van der Waals surface area (Å²) in [6.45, 7) is 6.92. The summed E-state index contributed by atoms with van der Waals surface area (Å²) >= 11 is 0. The first-order valence-electron chi connectivity index (χ1n) is 9.47. The molecule has 30 heavy (non-hydrogen) atoms. The van der Waals surface area contributed by atoms with E-state index in [9.17, 15) is 22.4 Å². The first-order valence-corrected chi connectivity index (χ1v) is 9.47. The van der Waals surface area contributed by atoms with Crippen molar-refractivity contribution in [1.82, 2.24) is 10.3 Å². The average molecular weight is 427 g/mol. The van der Waals surface area contributed by atoms with E-state index >= 15 is 0 Å². The van der Waals surface area contributed by atoms with Crippen molar-refractivity contribution in [1.29, 1.82) is 0 Å². The highest BCUT2D eigenvalue weighted by atomic mass is 19.4. The second-order valence-corrected chi connectivity index (χ2v) is 7.44. The zero-order chi connectivity index (χ0) is 22.5. The van der Waals surface area contributed by atoms with Crippen LogP contribution in [-0.2, 0) is 0 Å². The molecule has 0 bridgehead atoms. The third-order valence-corrected chi connectivity index (χ3v) is 4.10. The lowest BCUT2D eigenvalue weighted by Gasteiger charge is -2.17. The number of anilines is 1. The van der Waals surface area contributed by atoms with E-state index in [1.807, 2.05) is 19.1 Å². The van der Waals surface area contributed by atoms with Crippen molar-refractivity contribution < 1.29 is 27.1 Å². The Balaban J connectivity index is 2.08. The van der Waals surface area contributed by atoms with E-state index in [0.29, 0.717) is 11.7 Å². The average Bonchev–Trinajstić information content (AvgIpc) is 2.63. The second kappa shape index (κ2) is 9.77. The highest BCUT2D eigenvalue weighted by Gasteiger charge is 2.28. The zero-order valence-corrected chi connectivity index (χ0v) is 17.2. The number of amides is 1. The van der Waals surface area contributed by atoms with Gasteiger partial charge in [0, 0.05) is 18.3 Å². The molecule has 9 heteroatoms. The summed E-state index contributed by atoms with van der Waals surface area (Å²) in [5.41, 5.74) is 1.26. The molecule has 164 valence electrons. The number of halogens is 4. The van der Waals surface area contributed by atoms with Crippen molar-refractivity contribution in [3.63, 3.8) is 0 Å². The number of pyridine rings is 1. The van der Waals surface area contributed by atoms with Crippen LogP contribution in [0.1, 0.15) is 48.4 Å². The van der Waals surface area contributed by atoms with Crippen LogP contribution in [0.15, 0.2) is 30.3 Å². The van der Waals surface area contributed by atoms with Crippen molar-refractivity contribution in [2.24, 2.45) is 5.92 Å². The van der Waals surface area contributed by atoms with Crippen LogP contribution in [0.2, 0.25) is 0 Å². The molecular formula is C21H25F4N3O2. The number of benzene rings is 1. The predicted octanol–water partition coefficient (Wildman–Crippen LogP) is 5.03. The fourth-order valence-corrected chi connectivity index (χ4v) is 2.64. The lowest BCUT2D eigenvalue weighted by Crippen LogP contribution is -2.27. The van der Waals surface area contributed by atoms with Crippen molar-refractivity contribution >= 4 is 11.7 Å². The second-order valence-electron chi connectivity index (χ2n) is 7.44. The van der Waals surface area contributed by atoms with Gasteiger partial charge >= 0.3 is 6.18 Å². The van der Waals surface area contributed by atoms with Gasteiger partial charge in [0.1, 0.15) is 17.4 Å². The van der Waals surface area contributed by atoms with Crippen LogP contribution >= 0.6 is 0 Å². The van der Waals surface area contributed by atoms with Crippen LogP contribution < -0.4 is 15.4 Å². The monoisotopic (exact) mass is 427 g/mol. The van der Waals surface area contributed by atoms with Gasteiger partial charge in [0.05, 0.1) is 11.6 Å². The smallest absolute Gasteiger partial charge is 0.422 e. The van der Waals surface area contributed by atoms with Crippen molar-refractivity contribution in [2.75, 3.05) is 18.5 Å². The minimum absolute atomic E-state index is 0.287. The maximum atomic E-state index is 14.2. The highest BCUT2D eigenvalue weighted by molar-refractivity contribution is 5.94. The van der Waals surface area contributed by atoms with Gasteiger partial charge in [-0.05, 0) is 49.6 Å². The van der Waals surface area contributed by atoms with E-state index in [1.54, 1.807) is 6.92 Å². The number of ether oxygens (including phenoxy) is 1. The molecule has 0 aliphatic rings. The summed E-state index contributed by atoms with van der Waals surface area (Å²) in [5.74, 6) is -0.853. The molecule has 0 radical (unpaired) electrons. The zero-order valence-electron chi connectivity index (χ0n) is 17.2. The maximum absolute atomic E-state index is 14.2. The molecular weight excluding hydrogens is 402 g/mol. The fraction of sp³-hybridized carbons (Fsp3) is 0.429. The van der Waals surface area contributed by atoms with Crippen LogP contribution in [-0.4, -0.2) is 30.2 Å². The van der Waals surface area contributed by atoms with E-state index in [0.717, 1.165) is 36.0 Å². The Morgan fingerprint density at radius 1 is 1.17 bits per heavy atom. The number of nitrogens with one attached hydrogen (secondary N) is 2. The SMILES string of the molecule is Cc1cc(C(C)NC(=O)c2ccc(OCC(F)(F)F)cc2F)cc(NCC(C)C)n1. The molecule has 1 aromatic heterocycles. The summed E-state index contributed by atoms with van der Waals surface area (Å²) in [7, 11) is 0. The van der Waals surface area contributed by atoms with Gasteiger partial charge in [0.15, 0.2) is 6.61 Å². The number of carbonyl (C=O) groups is 1. The molecule has 2 aromatic rings. The Bertz CT molecular complexity index is 885. The van der Waals surface area contributed by atoms with E-state index < -0.39 is 30.5 Å². The van der Waals surface area contributed by atoms with Crippen LogP contribution in [0.25, 0.3) is 0 Å². The van der Waals surface area contributed by atoms with Gasteiger partial charge in [-0.1, -0.05) is 13.8 Å². The van der Waals surface area contributed by atoms with Crippen LogP contribution in [0.3, 0.4) is 0 Å². The van der Waals surface area contributed by atoms with Crippen LogP contribution in [0.5, 0.6) is 5.75 Å². The molecule has 0 saturated heterocycles. The maximum Gasteiger partial charge on any atom is 0.422 e. The van der Waals surface area contributed by atoms with E-state index in [2.05, 4.69) is 34.2 Å². The Kier molecular flexibility index (Phi) is 7.64. The van der Waals surface area contributed by atoms with Gasteiger partial charge < -0.3 is 15.4 Å². The summed E-state index contributed by atoms with van der Waals surface area (Å²) in [6, 6.07) is 6.16. The van der Waals surface area contributed by atoms with E-state index in [-0.39, 0.29) is 11.3 Å². The topological polar surface area (TPSA) is 63.2 Å². The number of aromatic nitrogens is 1. The Hall–Kier alpha value is -2.84. The van der Waals surface area contributed by atoms with Gasteiger partial charge in [0.2, 0.25) is 0 Å². The van der Waals surface area contributed by atoms with Crippen molar-refractivity contribution in [3.05, 3.63) is 53.0 Å². The minimum atomic E-state index is -4.53. The van der Waals surface area contributed by atoms with E-state index in [1.165, 1.54) is 0 Å². The molecule has 1 aromatic carbocycles. The third kappa shape index (κ3) is 7.20. The summed E-state index contributed by atoms with van der Waals surface area (Å²) in [4.78, 5) is 16.9. The summed E-state index contributed by atoms with van der Waals surface area (Å²) in [5, 5.41) is 5.92. The quantitative estimate of drug-likeness (QED) is 0.580. The van der Waals surface area contributed by atoms with Gasteiger partial charge in [0.25, 0.3) is 5.91 Å². The molecule has 1 atom stereocenters. The molecule has 2 N–H and O–H groups in total. The molecule has 5 nitrogen and oxygen atoms in total. The minimum Gasteiger partial charge on any atom is -0.484 e. The standard InChI is InChI=1S/C21H25F4N3O2/c1-12(2)10-26-19-8-15(7-13(3)27-19)14(4)28-20(29)17-6-5-16(9-18(17)22)30-11-21(23,24)25/h5-9,12,14H,10-11H2,1-4H3,(H,26,27)(H,28,29). The van der Waals surface area contributed by atoms with Gasteiger partial charge in [-0.25, -0.2) is 9.37 Å². The Morgan fingerprint density at radius 2 is 1.87 bits per heavy atom. The fourth-order valence-electron chi connectivity index (χ4n) is 2.64. The summed E-state index contributed by atoms with van der Waals surface area (Å²) < 4.78 is 55.3. The number of carbonyl (C=O) groups excluding carboxylic acids is 1. The van der Waals surface area contributed by atoms with Gasteiger partial charge in [-0.3, -0.25) is 4.79 Å². The molecule has 1 heterocycles. The van der Waals surface area contributed by atoms with E-state index in [4.69, 9.17) is 0 Å². The molecule has 1 unspecified atom stereocenters. The lowest BCUT2D eigenvalue weighted by molar-refractivity contribution is -0.153. The number of aryl methyl sites for hydroxylation is 1.